The predicted molar refractivity (Wildman–Crippen MR) is 91.5 cm³/mol. The summed E-state index contributed by atoms with van der Waals surface area (Å²) in [6.45, 7) is 5.65. The van der Waals surface area contributed by atoms with Gasteiger partial charge < -0.3 is 10.2 Å². The maximum atomic E-state index is 12.6. The summed E-state index contributed by atoms with van der Waals surface area (Å²) in [6, 6.07) is 7.92. The summed E-state index contributed by atoms with van der Waals surface area (Å²) in [7, 11) is 0. The Morgan fingerprint density at radius 1 is 1.17 bits per heavy atom. The van der Waals surface area contributed by atoms with Crippen LogP contribution in [0.4, 0.5) is 11.6 Å². The van der Waals surface area contributed by atoms with Gasteiger partial charge in [0.15, 0.2) is 0 Å². The van der Waals surface area contributed by atoms with E-state index in [1.807, 2.05) is 26.0 Å². The van der Waals surface area contributed by atoms with E-state index in [1.54, 1.807) is 18.5 Å². The van der Waals surface area contributed by atoms with Gasteiger partial charge in [-0.05, 0) is 56.0 Å². The van der Waals surface area contributed by atoms with E-state index in [0.717, 1.165) is 36.2 Å². The van der Waals surface area contributed by atoms with Crippen molar-refractivity contribution in [1.82, 2.24) is 9.97 Å². The van der Waals surface area contributed by atoms with Crippen LogP contribution in [0.5, 0.6) is 0 Å². The first-order chi connectivity index (χ1) is 11.1. The minimum atomic E-state index is -0.0339. The molecule has 5 heteroatoms. The van der Waals surface area contributed by atoms with E-state index in [-0.39, 0.29) is 11.8 Å². The highest BCUT2D eigenvalue weighted by Gasteiger charge is 2.27. The molecule has 23 heavy (non-hydrogen) atoms. The Labute approximate surface area is 136 Å². The molecule has 0 radical (unpaired) electrons. The van der Waals surface area contributed by atoms with Crippen LogP contribution < -0.4 is 10.2 Å². The third kappa shape index (κ3) is 3.86. The van der Waals surface area contributed by atoms with Crippen LogP contribution in [0.1, 0.15) is 24.0 Å². The number of nitrogens with one attached hydrogen (secondary N) is 1. The second kappa shape index (κ2) is 6.77. The molecule has 1 amide bonds. The molecule has 120 valence electrons. The molecule has 0 unspecified atom stereocenters. The number of carbonyl (C=O) groups excluding carboxylic acids is 1. The van der Waals surface area contributed by atoms with Crippen LogP contribution in [0, 0.1) is 19.8 Å². The van der Waals surface area contributed by atoms with Crippen LogP contribution in [-0.4, -0.2) is 29.0 Å². The molecular weight excluding hydrogens is 288 g/mol. The lowest BCUT2D eigenvalue weighted by molar-refractivity contribution is -0.120. The molecule has 0 aliphatic carbocycles. The zero-order chi connectivity index (χ0) is 16.2. The van der Waals surface area contributed by atoms with E-state index in [4.69, 9.17) is 0 Å². The van der Waals surface area contributed by atoms with Crippen LogP contribution in [0.2, 0.25) is 0 Å². The third-order valence-corrected chi connectivity index (χ3v) is 4.12. The van der Waals surface area contributed by atoms with Crippen molar-refractivity contribution < 1.29 is 4.79 Å². The maximum Gasteiger partial charge on any atom is 0.229 e. The van der Waals surface area contributed by atoms with E-state index < -0.39 is 0 Å². The molecule has 1 aliphatic rings. The molecule has 1 aromatic carbocycles. The molecule has 0 spiro atoms. The van der Waals surface area contributed by atoms with Crippen molar-refractivity contribution >= 4 is 17.5 Å². The van der Waals surface area contributed by atoms with Gasteiger partial charge in [-0.1, -0.05) is 6.07 Å². The van der Waals surface area contributed by atoms with Crippen molar-refractivity contribution in [3.8, 4) is 0 Å². The number of piperidine rings is 1. The molecule has 1 atom stereocenters. The number of rotatable bonds is 3. The number of aromatic nitrogens is 2. The Bertz CT molecular complexity index is 666. The summed E-state index contributed by atoms with van der Waals surface area (Å²) in [5.41, 5.74) is 3.19. The van der Waals surface area contributed by atoms with Crippen molar-refractivity contribution in [2.45, 2.75) is 26.7 Å². The van der Waals surface area contributed by atoms with Gasteiger partial charge in [0.2, 0.25) is 11.9 Å². The monoisotopic (exact) mass is 310 g/mol. The fourth-order valence-electron chi connectivity index (χ4n) is 3.12. The summed E-state index contributed by atoms with van der Waals surface area (Å²) in [4.78, 5) is 23.3. The summed E-state index contributed by atoms with van der Waals surface area (Å²) in [6.07, 6.45) is 5.35. The highest BCUT2D eigenvalue weighted by molar-refractivity contribution is 5.93. The lowest BCUT2D eigenvalue weighted by atomic mass is 9.97. The Morgan fingerprint density at radius 2 is 1.87 bits per heavy atom. The zero-order valence-corrected chi connectivity index (χ0v) is 13.6. The number of anilines is 2. The van der Waals surface area contributed by atoms with Crippen LogP contribution in [0.15, 0.2) is 36.7 Å². The van der Waals surface area contributed by atoms with Crippen molar-refractivity contribution in [3.63, 3.8) is 0 Å². The first-order valence-electron chi connectivity index (χ1n) is 8.03. The van der Waals surface area contributed by atoms with E-state index in [2.05, 4.69) is 26.3 Å². The van der Waals surface area contributed by atoms with E-state index in [0.29, 0.717) is 12.5 Å². The van der Waals surface area contributed by atoms with Gasteiger partial charge in [-0.25, -0.2) is 9.97 Å². The average molecular weight is 310 g/mol. The number of hydrogen-bond acceptors (Lipinski definition) is 4. The van der Waals surface area contributed by atoms with Gasteiger partial charge in [-0.3, -0.25) is 4.79 Å². The molecule has 2 heterocycles. The van der Waals surface area contributed by atoms with Crippen LogP contribution in [0.3, 0.4) is 0 Å². The van der Waals surface area contributed by atoms with Gasteiger partial charge in [0.25, 0.3) is 0 Å². The van der Waals surface area contributed by atoms with Crippen LogP contribution in [0.25, 0.3) is 0 Å². The van der Waals surface area contributed by atoms with Gasteiger partial charge in [0.05, 0.1) is 5.92 Å². The molecular formula is C18H22N4O. The molecule has 0 saturated carbocycles. The van der Waals surface area contributed by atoms with Gasteiger partial charge in [0.1, 0.15) is 0 Å². The summed E-state index contributed by atoms with van der Waals surface area (Å²) in [5, 5.41) is 3.06. The molecule has 0 bridgehead atoms. The summed E-state index contributed by atoms with van der Waals surface area (Å²) >= 11 is 0. The Kier molecular flexibility index (Phi) is 4.55. The highest BCUT2D eigenvalue weighted by Crippen LogP contribution is 2.22. The standard InChI is InChI=1S/C18H22N4O/c1-13-9-14(2)11-16(10-13)21-17(23)15-5-3-8-22(12-15)18-19-6-4-7-20-18/h4,6-7,9-11,15H,3,5,8,12H2,1-2H3,(H,21,23)/t15-/m1/s1. The smallest absolute Gasteiger partial charge is 0.229 e. The number of benzene rings is 1. The SMILES string of the molecule is Cc1cc(C)cc(NC(=O)[C@@H]2CCCN(c3ncccn3)C2)c1. The number of nitrogens with zero attached hydrogens (tertiary/aromatic N) is 3. The van der Waals surface area contributed by atoms with Crippen molar-refractivity contribution in [2.75, 3.05) is 23.3 Å². The fraction of sp³-hybridized carbons (Fsp3) is 0.389. The van der Waals surface area contributed by atoms with Crippen molar-refractivity contribution in [2.24, 2.45) is 5.92 Å². The predicted octanol–water partition coefficient (Wildman–Crippen LogP) is 2.95. The lowest BCUT2D eigenvalue weighted by Gasteiger charge is -2.31. The molecule has 2 aromatic rings. The second-order valence-corrected chi connectivity index (χ2v) is 6.20. The van der Waals surface area contributed by atoms with Crippen LogP contribution in [-0.2, 0) is 4.79 Å². The van der Waals surface area contributed by atoms with E-state index >= 15 is 0 Å². The van der Waals surface area contributed by atoms with Crippen molar-refractivity contribution in [3.05, 3.63) is 47.8 Å². The zero-order valence-electron chi connectivity index (χ0n) is 13.6. The first-order valence-corrected chi connectivity index (χ1v) is 8.03. The maximum absolute atomic E-state index is 12.6. The second-order valence-electron chi connectivity index (χ2n) is 6.20. The molecule has 1 aromatic heterocycles. The Balaban J connectivity index is 1.67. The quantitative estimate of drug-likeness (QED) is 0.947. The Hall–Kier alpha value is -2.43. The van der Waals surface area contributed by atoms with Crippen LogP contribution >= 0.6 is 0 Å². The molecule has 1 N–H and O–H groups in total. The number of hydrogen-bond donors (Lipinski definition) is 1. The topological polar surface area (TPSA) is 58.1 Å². The van der Waals surface area contributed by atoms with Gasteiger partial charge >= 0.3 is 0 Å². The molecule has 1 saturated heterocycles. The van der Waals surface area contributed by atoms with Gasteiger partial charge in [-0.2, -0.15) is 0 Å². The summed E-state index contributed by atoms with van der Waals surface area (Å²) < 4.78 is 0. The molecule has 5 nitrogen and oxygen atoms in total. The molecule has 1 fully saturated rings. The first kappa shape index (κ1) is 15.5. The number of carbonyl (C=O) groups is 1. The van der Waals surface area contributed by atoms with E-state index in [1.165, 1.54) is 0 Å². The average Bonchev–Trinajstić information content (AvgIpc) is 2.55. The van der Waals surface area contributed by atoms with Crippen molar-refractivity contribution in [1.29, 1.82) is 0 Å². The minimum absolute atomic E-state index is 0.0339. The van der Waals surface area contributed by atoms with E-state index in [9.17, 15) is 4.79 Å². The third-order valence-electron chi connectivity index (χ3n) is 4.12. The largest absolute Gasteiger partial charge is 0.340 e. The normalized spacial score (nSPS) is 17.8. The Morgan fingerprint density at radius 3 is 2.57 bits per heavy atom. The number of amides is 1. The molecule has 1 aliphatic heterocycles. The summed E-state index contributed by atoms with van der Waals surface area (Å²) in [5.74, 6) is 0.750. The van der Waals surface area contributed by atoms with Gasteiger partial charge in [-0.15, -0.1) is 0 Å². The number of aryl methyl sites for hydroxylation is 2. The lowest BCUT2D eigenvalue weighted by Crippen LogP contribution is -2.41. The fourth-order valence-corrected chi connectivity index (χ4v) is 3.12. The highest BCUT2D eigenvalue weighted by atomic mass is 16.1. The minimum Gasteiger partial charge on any atom is -0.340 e. The van der Waals surface area contributed by atoms with Gasteiger partial charge in [0, 0.05) is 31.2 Å². The molecule has 3 rings (SSSR count).